The lowest BCUT2D eigenvalue weighted by molar-refractivity contribution is -0.214. The van der Waals surface area contributed by atoms with Crippen molar-refractivity contribution in [2.45, 2.75) is 56.9 Å². The van der Waals surface area contributed by atoms with E-state index in [4.69, 9.17) is 4.74 Å². The molecule has 1 saturated carbocycles. The summed E-state index contributed by atoms with van der Waals surface area (Å²) in [6.45, 7) is 6.75. The Bertz CT molecular complexity index is 238. The van der Waals surface area contributed by atoms with Crippen LogP contribution in [0.5, 0.6) is 0 Å². The van der Waals surface area contributed by atoms with Crippen LogP contribution in [0.25, 0.3) is 0 Å². The first-order chi connectivity index (χ1) is 5.53. The molecule has 0 radical (unpaired) electrons. The molecule has 4 unspecified atom stereocenters. The van der Waals surface area contributed by atoms with Gasteiger partial charge < -0.3 is 10.1 Å². The molecule has 2 heteroatoms. The van der Waals surface area contributed by atoms with Gasteiger partial charge in [-0.1, -0.05) is 0 Å². The Morgan fingerprint density at radius 2 is 2.08 bits per heavy atom. The molecule has 1 aliphatic carbocycles. The van der Waals surface area contributed by atoms with E-state index in [0.29, 0.717) is 6.04 Å². The lowest BCUT2D eigenvalue weighted by atomic mass is 9.69. The van der Waals surface area contributed by atoms with Crippen molar-refractivity contribution >= 4 is 0 Å². The molecule has 4 aliphatic rings. The molecule has 0 aromatic heterocycles. The maximum Gasteiger partial charge on any atom is 0.0829 e. The van der Waals surface area contributed by atoms with Crippen molar-refractivity contribution in [2.24, 2.45) is 5.92 Å². The van der Waals surface area contributed by atoms with Gasteiger partial charge in [-0.2, -0.15) is 0 Å². The second-order valence-corrected chi connectivity index (χ2v) is 5.33. The van der Waals surface area contributed by atoms with Crippen LogP contribution in [0.4, 0.5) is 0 Å². The number of rotatable bonds is 0. The molecule has 3 saturated heterocycles. The van der Waals surface area contributed by atoms with Gasteiger partial charge in [0.25, 0.3) is 0 Å². The fourth-order valence-electron chi connectivity index (χ4n) is 3.40. The van der Waals surface area contributed by atoms with Crippen LogP contribution in [0.2, 0.25) is 0 Å². The van der Waals surface area contributed by atoms with E-state index >= 15 is 0 Å². The first-order valence-electron chi connectivity index (χ1n) is 4.99. The van der Waals surface area contributed by atoms with Crippen LogP contribution in [-0.4, -0.2) is 23.3 Å². The zero-order valence-electron chi connectivity index (χ0n) is 8.05. The maximum absolute atomic E-state index is 6.15. The molecule has 2 nitrogen and oxygen atoms in total. The van der Waals surface area contributed by atoms with Gasteiger partial charge in [0, 0.05) is 12.0 Å². The van der Waals surface area contributed by atoms with Crippen LogP contribution >= 0.6 is 0 Å². The van der Waals surface area contributed by atoms with Crippen molar-refractivity contribution in [2.75, 3.05) is 0 Å². The van der Waals surface area contributed by atoms with Gasteiger partial charge in [0.05, 0.1) is 17.2 Å². The highest BCUT2D eigenvalue weighted by atomic mass is 16.5. The van der Waals surface area contributed by atoms with E-state index in [0.717, 1.165) is 12.0 Å². The lowest BCUT2D eigenvalue weighted by Crippen LogP contribution is -2.58. The standard InChI is InChI=1S/C10H17NO/c1-9(2)6-4-5-10(3,12-9)8-7(6)11-8/h6-8,11H,4-5H2,1-3H3. The van der Waals surface area contributed by atoms with E-state index in [1.165, 1.54) is 12.8 Å². The van der Waals surface area contributed by atoms with E-state index in [2.05, 4.69) is 26.1 Å². The van der Waals surface area contributed by atoms with Gasteiger partial charge >= 0.3 is 0 Å². The topological polar surface area (TPSA) is 31.2 Å². The molecular formula is C10H17NO. The Labute approximate surface area is 73.7 Å². The van der Waals surface area contributed by atoms with Gasteiger partial charge in [-0.15, -0.1) is 0 Å². The van der Waals surface area contributed by atoms with Crippen molar-refractivity contribution < 1.29 is 4.74 Å². The first-order valence-corrected chi connectivity index (χ1v) is 4.99. The van der Waals surface area contributed by atoms with Crippen LogP contribution in [0, 0.1) is 5.92 Å². The molecular weight excluding hydrogens is 150 g/mol. The van der Waals surface area contributed by atoms with Crippen molar-refractivity contribution in [1.82, 2.24) is 5.32 Å². The Kier molecular flexibility index (Phi) is 1.06. The van der Waals surface area contributed by atoms with Gasteiger partial charge in [0.1, 0.15) is 0 Å². The Hall–Kier alpha value is -0.0800. The third-order valence-corrected chi connectivity index (χ3v) is 4.05. The van der Waals surface area contributed by atoms with Crippen molar-refractivity contribution in [1.29, 1.82) is 0 Å². The van der Waals surface area contributed by atoms with Crippen molar-refractivity contribution in [3.8, 4) is 0 Å². The number of nitrogens with one attached hydrogen (secondary N) is 1. The minimum atomic E-state index is 0.109. The summed E-state index contributed by atoms with van der Waals surface area (Å²) in [5.41, 5.74) is 0.251. The molecule has 0 amide bonds. The summed E-state index contributed by atoms with van der Waals surface area (Å²) in [4.78, 5) is 0. The van der Waals surface area contributed by atoms with Crippen LogP contribution in [0.15, 0.2) is 0 Å². The fraction of sp³-hybridized carbons (Fsp3) is 1.00. The minimum Gasteiger partial charge on any atom is -0.367 e. The van der Waals surface area contributed by atoms with E-state index in [1.807, 2.05) is 0 Å². The molecule has 0 spiro atoms. The van der Waals surface area contributed by atoms with Crippen LogP contribution in [0.1, 0.15) is 33.6 Å². The predicted molar refractivity (Wildman–Crippen MR) is 47.0 cm³/mol. The Morgan fingerprint density at radius 3 is 2.67 bits per heavy atom. The summed E-state index contributed by atoms with van der Waals surface area (Å²) in [7, 11) is 0. The molecule has 68 valence electrons. The number of fused-ring (bicyclic) bond motifs is 2. The molecule has 2 bridgehead atoms. The van der Waals surface area contributed by atoms with Crippen molar-refractivity contribution in [3.05, 3.63) is 0 Å². The monoisotopic (exact) mass is 167 g/mol. The highest BCUT2D eigenvalue weighted by Crippen LogP contribution is 2.54. The highest BCUT2D eigenvalue weighted by Gasteiger charge is 2.66. The number of ether oxygens (including phenoxy) is 1. The van der Waals surface area contributed by atoms with Gasteiger partial charge in [0.15, 0.2) is 0 Å². The quantitative estimate of drug-likeness (QED) is 0.551. The number of hydrogen-bond acceptors (Lipinski definition) is 2. The van der Waals surface area contributed by atoms with Crippen LogP contribution in [0.3, 0.4) is 0 Å². The largest absolute Gasteiger partial charge is 0.367 e. The fourth-order valence-corrected chi connectivity index (χ4v) is 3.40. The Morgan fingerprint density at radius 1 is 1.33 bits per heavy atom. The average molecular weight is 167 g/mol. The molecule has 0 aromatic carbocycles. The number of hydrogen-bond donors (Lipinski definition) is 1. The molecule has 4 atom stereocenters. The van der Waals surface area contributed by atoms with E-state index in [-0.39, 0.29) is 11.2 Å². The van der Waals surface area contributed by atoms with Crippen molar-refractivity contribution in [3.63, 3.8) is 0 Å². The van der Waals surface area contributed by atoms with E-state index in [1.54, 1.807) is 0 Å². The molecule has 3 heterocycles. The minimum absolute atomic E-state index is 0.109. The van der Waals surface area contributed by atoms with E-state index < -0.39 is 0 Å². The smallest absolute Gasteiger partial charge is 0.0829 e. The second kappa shape index (κ2) is 1.73. The molecule has 12 heavy (non-hydrogen) atoms. The van der Waals surface area contributed by atoms with Crippen LogP contribution < -0.4 is 5.32 Å². The molecule has 0 aromatic rings. The summed E-state index contributed by atoms with van der Waals surface area (Å²) >= 11 is 0. The predicted octanol–water partition coefficient (Wildman–Crippen LogP) is 1.30. The summed E-state index contributed by atoms with van der Waals surface area (Å²) in [6, 6.07) is 1.44. The molecule has 3 aliphatic heterocycles. The van der Waals surface area contributed by atoms with Gasteiger partial charge in [-0.25, -0.2) is 0 Å². The third kappa shape index (κ3) is 0.686. The Balaban J connectivity index is 2.01. The lowest BCUT2D eigenvalue weighted by Gasteiger charge is -2.52. The summed E-state index contributed by atoms with van der Waals surface area (Å²) in [5.74, 6) is 0.754. The van der Waals surface area contributed by atoms with Gasteiger partial charge in [0.2, 0.25) is 0 Å². The van der Waals surface area contributed by atoms with Gasteiger partial charge in [-0.3, -0.25) is 0 Å². The normalized spacial score (nSPS) is 59.8. The highest BCUT2D eigenvalue weighted by molar-refractivity contribution is 5.22. The third-order valence-electron chi connectivity index (χ3n) is 4.05. The van der Waals surface area contributed by atoms with Crippen LogP contribution in [-0.2, 0) is 4.74 Å². The summed E-state index contributed by atoms with van der Waals surface area (Å²) in [5, 5.41) is 3.56. The van der Waals surface area contributed by atoms with Gasteiger partial charge in [-0.05, 0) is 33.6 Å². The molecule has 4 rings (SSSR count). The SMILES string of the molecule is CC1(C)OC2(C)CCC1C1NC12. The molecule has 1 N–H and O–H groups in total. The maximum atomic E-state index is 6.15. The summed E-state index contributed by atoms with van der Waals surface area (Å²) < 4.78 is 6.15. The summed E-state index contributed by atoms with van der Waals surface area (Å²) in [6.07, 6.45) is 2.59. The van der Waals surface area contributed by atoms with E-state index in [9.17, 15) is 0 Å². The zero-order chi connectivity index (χ0) is 8.56. The molecule has 4 fully saturated rings. The average Bonchev–Trinajstić information content (AvgIpc) is 2.62. The zero-order valence-corrected chi connectivity index (χ0v) is 8.05. The second-order valence-electron chi connectivity index (χ2n) is 5.33. The first kappa shape index (κ1) is 7.34.